The molecule has 122 valence electrons. The summed E-state index contributed by atoms with van der Waals surface area (Å²) in [5, 5.41) is 3.85. The Bertz CT molecular complexity index is 298. The predicted octanol–water partition coefficient (Wildman–Crippen LogP) is 4.20. The Labute approximate surface area is 132 Å². The van der Waals surface area contributed by atoms with Crippen molar-refractivity contribution in [3.8, 4) is 0 Å². The normalized spacial score (nSPS) is 35.6. The SMILES string of the molecule is CCCNC1CCCCC1CN1CCCC1C1CCCC1. The van der Waals surface area contributed by atoms with Gasteiger partial charge in [-0.1, -0.05) is 32.6 Å². The second kappa shape index (κ2) is 7.97. The summed E-state index contributed by atoms with van der Waals surface area (Å²) in [6, 6.07) is 1.75. The smallest absolute Gasteiger partial charge is 0.0124 e. The molecule has 2 saturated carbocycles. The van der Waals surface area contributed by atoms with Crippen LogP contribution in [0.5, 0.6) is 0 Å². The molecule has 1 N–H and O–H groups in total. The van der Waals surface area contributed by atoms with E-state index in [1.807, 2.05) is 0 Å². The molecule has 2 heteroatoms. The first-order chi connectivity index (χ1) is 10.4. The summed E-state index contributed by atoms with van der Waals surface area (Å²) in [7, 11) is 0. The minimum Gasteiger partial charge on any atom is -0.314 e. The van der Waals surface area contributed by atoms with Gasteiger partial charge in [0.05, 0.1) is 0 Å². The first-order valence-electron chi connectivity index (χ1n) is 9.86. The minimum atomic E-state index is 0.809. The molecule has 0 aromatic heterocycles. The molecule has 3 atom stereocenters. The van der Waals surface area contributed by atoms with Crippen molar-refractivity contribution in [1.29, 1.82) is 0 Å². The molecule has 1 saturated heterocycles. The van der Waals surface area contributed by atoms with Crippen molar-refractivity contribution >= 4 is 0 Å². The minimum absolute atomic E-state index is 0.809. The number of rotatable bonds is 6. The molecular weight excluding hydrogens is 256 g/mol. The Kier molecular flexibility index (Phi) is 5.99. The molecule has 3 unspecified atom stereocenters. The van der Waals surface area contributed by atoms with Crippen LogP contribution < -0.4 is 5.32 Å². The van der Waals surface area contributed by atoms with E-state index >= 15 is 0 Å². The molecule has 3 fully saturated rings. The first-order valence-corrected chi connectivity index (χ1v) is 9.86. The summed E-state index contributed by atoms with van der Waals surface area (Å²) >= 11 is 0. The van der Waals surface area contributed by atoms with Crippen molar-refractivity contribution in [3.63, 3.8) is 0 Å². The summed E-state index contributed by atoms with van der Waals surface area (Å²) in [6.07, 6.45) is 16.1. The third-order valence-electron chi connectivity index (χ3n) is 6.39. The average Bonchev–Trinajstić information content (AvgIpc) is 3.17. The van der Waals surface area contributed by atoms with E-state index in [1.165, 1.54) is 90.3 Å². The van der Waals surface area contributed by atoms with Crippen molar-refractivity contribution in [3.05, 3.63) is 0 Å². The van der Waals surface area contributed by atoms with Crippen LogP contribution >= 0.6 is 0 Å². The number of hydrogen-bond acceptors (Lipinski definition) is 2. The van der Waals surface area contributed by atoms with E-state index in [0.29, 0.717) is 0 Å². The molecule has 3 aliphatic rings. The maximum Gasteiger partial charge on any atom is 0.0124 e. The van der Waals surface area contributed by atoms with Gasteiger partial charge in [-0.25, -0.2) is 0 Å². The third-order valence-corrected chi connectivity index (χ3v) is 6.39. The molecule has 2 nitrogen and oxygen atoms in total. The van der Waals surface area contributed by atoms with Gasteiger partial charge >= 0.3 is 0 Å². The topological polar surface area (TPSA) is 15.3 Å². The largest absolute Gasteiger partial charge is 0.314 e. The fourth-order valence-electron chi connectivity index (χ4n) is 5.28. The molecular formula is C19H36N2. The summed E-state index contributed by atoms with van der Waals surface area (Å²) in [5.41, 5.74) is 0. The second-order valence-electron chi connectivity index (χ2n) is 7.85. The van der Waals surface area contributed by atoms with Crippen molar-refractivity contribution in [1.82, 2.24) is 10.2 Å². The Morgan fingerprint density at radius 3 is 2.48 bits per heavy atom. The summed E-state index contributed by atoms with van der Waals surface area (Å²) in [5.74, 6) is 1.96. The highest BCUT2D eigenvalue weighted by molar-refractivity contribution is 4.91. The van der Waals surface area contributed by atoms with Crippen LogP contribution in [0.1, 0.15) is 77.6 Å². The molecule has 0 bridgehead atoms. The zero-order valence-corrected chi connectivity index (χ0v) is 14.2. The van der Waals surface area contributed by atoms with Crippen LogP contribution in [0.2, 0.25) is 0 Å². The van der Waals surface area contributed by atoms with Crippen LogP contribution in [0.25, 0.3) is 0 Å². The van der Waals surface area contributed by atoms with E-state index in [0.717, 1.165) is 23.9 Å². The van der Waals surface area contributed by atoms with E-state index in [1.54, 1.807) is 0 Å². The molecule has 0 radical (unpaired) electrons. The van der Waals surface area contributed by atoms with E-state index in [2.05, 4.69) is 17.1 Å². The maximum atomic E-state index is 3.85. The number of likely N-dealkylation sites (tertiary alicyclic amines) is 1. The average molecular weight is 293 g/mol. The Morgan fingerprint density at radius 2 is 1.67 bits per heavy atom. The van der Waals surface area contributed by atoms with Crippen LogP contribution in [-0.2, 0) is 0 Å². The summed E-state index contributed by atoms with van der Waals surface area (Å²) in [4.78, 5) is 2.91. The summed E-state index contributed by atoms with van der Waals surface area (Å²) in [6.45, 7) is 6.29. The van der Waals surface area contributed by atoms with Gasteiger partial charge in [0.25, 0.3) is 0 Å². The van der Waals surface area contributed by atoms with Crippen molar-refractivity contribution in [2.24, 2.45) is 11.8 Å². The predicted molar refractivity (Wildman–Crippen MR) is 90.6 cm³/mol. The molecule has 1 heterocycles. The van der Waals surface area contributed by atoms with Crippen molar-refractivity contribution in [2.75, 3.05) is 19.6 Å². The van der Waals surface area contributed by atoms with Gasteiger partial charge in [0, 0.05) is 18.6 Å². The quantitative estimate of drug-likeness (QED) is 0.789. The second-order valence-corrected chi connectivity index (χ2v) is 7.85. The Morgan fingerprint density at radius 1 is 0.905 bits per heavy atom. The zero-order chi connectivity index (χ0) is 14.5. The lowest BCUT2D eigenvalue weighted by molar-refractivity contribution is 0.129. The molecule has 1 aliphatic heterocycles. The number of hydrogen-bond donors (Lipinski definition) is 1. The van der Waals surface area contributed by atoms with Gasteiger partial charge in [0.15, 0.2) is 0 Å². The lowest BCUT2D eigenvalue weighted by Gasteiger charge is -2.38. The standard InChI is InChI=1S/C19H36N2/c1-2-13-20-18-11-6-5-10-17(18)15-21-14-7-12-19(21)16-8-3-4-9-16/h16-20H,2-15H2,1H3. The van der Waals surface area contributed by atoms with Crippen molar-refractivity contribution in [2.45, 2.75) is 89.6 Å². The van der Waals surface area contributed by atoms with E-state index < -0.39 is 0 Å². The van der Waals surface area contributed by atoms with Gasteiger partial charge in [0.2, 0.25) is 0 Å². The van der Waals surface area contributed by atoms with Gasteiger partial charge in [0.1, 0.15) is 0 Å². The van der Waals surface area contributed by atoms with Gasteiger partial charge in [-0.15, -0.1) is 0 Å². The zero-order valence-electron chi connectivity index (χ0n) is 14.2. The van der Waals surface area contributed by atoms with Crippen molar-refractivity contribution < 1.29 is 0 Å². The number of nitrogens with one attached hydrogen (secondary N) is 1. The fourth-order valence-corrected chi connectivity index (χ4v) is 5.28. The molecule has 21 heavy (non-hydrogen) atoms. The lowest BCUT2D eigenvalue weighted by Crippen LogP contribution is -2.46. The molecule has 2 aliphatic carbocycles. The lowest BCUT2D eigenvalue weighted by atomic mass is 9.83. The van der Waals surface area contributed by atoms with E-state index in [9.17, 15) is 0 Å². The molecule has 0 amide bonds. The van der Waals surface area contributed by atoms with Gasteiger partial charge in [-0.2, -0.15) is 0 Å². The molecule has 0 aromatic carbocycles. The summed E-state index contributed by atoms with van der Waals surface area (Å²) < 4.78 is 0. The fraction of sp³-hybridized carbons (Fsp3) is 1.00. The van der Waals surface area contributed by atoms with Crippen LogP contribution in [0.3, 0.4) is 0 Å². The van der Waals surface area contributed by atoms with Gasteiger partial charge in [-0.05, 0) is 69.9 Å². The van der Waals surface area contributed by atoms with E-state index in [-0.39, 0.29) is 0 Å². The molecule has 3 rings (SSSR count). The van der Waals surface area contributed by atoms with Crippen LogP contribution in [0, 0.1) is 11.8 Å². The van der Waals surface area contributed by atoms with Crippen LogP contribution in [0.15, 0.2) is 0 Å². The molecule has 0 spiro atoms. The van der Waals surface area contributed by atoms with Crippen LogP contribution in [0.4, 0.5) is 0 Å². The Hall–Kier alpha value is -0.0800. The highest BCUT2D eigenvalue weighted by Gasteiger charge is 2.35. The highest BCUT2D eigenvalue weighted by atomic mass is 15.2. The molecule has 0 aromatic rings. The van der Waals surface area contributed by atoms with Gasteiger partial charge < -0.3 is 5.32 Å². The monoisotopic (exact) mass is 292 g/mol. The van der Waals surface area contributed by atoms with Gasteiger partial charge in [-0.3, -0.25) is 4.90 Å². The number of nitrogens with zero attached hydrogens (tertiary/aromatic N) is 1. The third kappa shape index (κ3) is 4.01. The first kappa shape index (κ1) is 15.8. The highest BCUT2D eigenvalue weighted by Crippen LogP contribution is 2.37. The maximum absolute atomic E-state index is 3.85. The van der Waals surface area contributed by atoms with E-state index in [4.69, 9.17) is 0 Å². The van der Waals surface area contributed by atoms with Crippen LogP contribution in [-0.4, -0.2) is 36.6 Å². The Balaban J connectivity index is 1.55.